The van der Waals surface area contributed by atoms with Gasteiger partial charge in [0.05, 0.1) is 7.11 Å². The van der Waals surface area contributed by atoms with Crippen LogP contribution in [-0.4, -0.2) is 38.3 Å². The summed E-state index contributed by atoms with van der Waals surface area (Å²) in [5, 5.41) is -1.26. The third-order valence-corrected chi connectivity index (χ3v) is 4.44. The van der Waals surface area contributed by atoms with Gasteiger partial charge in [-0.1, -0.05) is 30.3 Å². The summed E-state index contributed by atoms with van der Waals surface area (Å²) in [6.45, 7) is 1.27. The average molecular weight is 270 g/mol. The van der Waals surface area contributed by atoms with Gasteiger partial charge < -0.3 is 4.74 Å². The second kappa shape index (κ2) is 5.77. The molecular formula is C12H14O5S. The Bertz CT molecular complexity index is 533. The lowest BCUT2D eigenvalue weighted by Crippen LogP contribution is -2.32. The van der Waals surface area contributed by atoms with Crippen molar-refractivity contribution in [3.8, 4) is 0 Å². The molecule has 0 saturated heterocycles. The van der Waals surface area contributed by atoms with Crippen molar-refractivity contribution in [3.05, 3.63) is 35.9 Å². The molecule has 6 heteroatoms. The number of benzene rings is 1. The van der Waals surface area contributed by atoms with E-state index < -0.39 is 32.6 Å². The Morgan fingerprint density at radius 2 is 1.78 bits per heavy atom. The van der Waals surface area contributed by atoms with Crippen LogP contribution < -0.4 is 0 Å². The van der Waals surface area contributed by atoms with Crippen LogP contribution in [0.5, 0.6) is 0 Å². The first-order valence-corrected chi connectivity index (χ1v) is 6.97. The van der Waals surface area contributed by atoms with Crippen LogP contribution in [0.25, 0.3) is 0 Å². The summed E-state index contributed by atoms with van der Waals surface area (Å²) < 4.78 is 27.9. The van der Waals surface area contributed by atoms with Crippen LogP contribution >= 0.6 is 0 Å². The van der Waals surface area contributed by atoms with Gasteiger partial charge in [-0.05, 0) is 6.92 Å². The molecule has 0 aromatic heterocycles. The Hall–Kier alpha value is -1.69. The largest absolute Gasteiger partial charge is 0.468 e. The van der Waals surface area contributed by atoms with Crippen molar-refractivity contribution in [2.24, 2.45) is 0 Å². The smallest absolute Gasteiger partial charge is 0.320 e. The van der Waals surface area contributed by atoms with Crippen molar-refractivity contribution in [1.82, 2.24) is 0 Å². The SMILES string of the molecule is COC(=O)CS(=O)(=O)C(C)C(=O)c1ccccc1. The van der Waals surface area contributed by atoms with Crippen LogP contribution in [-0.2, 0) is 19.4 Å². The topological polar surface area (TPSA) is 77.5 Å². The van der Waals surface area contributed by atoms with Crippen LogP contribution in [0.3, 0.4) is 0 Å². The zero-order valence-corrected chi connectivity index (χ0v) is 10.9. The minimum Gasteiger partial charge on any atom is -0.468 e. The lowest BCUT2D eigenvalue weighted by atomic mass is 10.1. The highest BCUT2D eigenvalue weighted by molar-refractivity contribution is 7.93. The van der Waals surface area contributed by atoms with Crippen molar-refractivity contribution in [1.29, 1.82) is 0 Å². The van der Waals surface area contributed by atoms with E-state index in [0.717, 1.165) is 7.11 Å². The van der Waals surface area contributed by atoms with E-state index in [0.29, 0.717) is 5.56 Å². The van der Waals surface area contributed by atoms with Crippen molar-refractivity contribution >= 4 is 21.6 Å². The van der Waals surface area contributed by atoms with E-state index in [1.807, 2.05) is 0 Å². The molecule has 0 N–H and O–H groups in total. The summed E-state index contributed by atoms with van der Waals surface area (Å²) in [5.74, 6) is -2.19. The number of hydrogen-bond donors (Lipinski definition) is 0. The fourth-order valence-corrected chi connectivity index (χ4v) is 2.51. The van der Waals surface area contributed by atoms with Crippen LogP contribution in [0, 0.1) is 0 Å². The number of ether oxygens (including phenoxy) is 1. The molecule has 0 fully saturated rings. The number of rotatable bonds is 5. The first kappa shape index (κ1) is 14.4. The van der Waals surface area contributed by atoms with E-state index in [1.54, 1.807) is 18.2 Å². The predicted molar refractivity (Wildman–Crippen MR) is 66.0 cm³/mol. The van der Waals surface area contributed by atoms with E-state index in [9.17, 15) is 18.0 Å². The Labute approximate surface area is 106 Å². The Morgan fingerprint density at radius 1 is 1.22 bits per heavy atom. The second-order valence-corrected chi connectivity index (χ2v) is 6.08. The van der Waals surface area contributed by atoms with E-state index >= 15 is 0 Å². The Morgan fingerprint density at radius 3 is 2.28 bits per heavy atom. The minimum absolute atomic E-state index is 0.304. The van der Waals surface area contributed by atoms with E-state index in [2.05, 4.69) is 4.74 Å². The zero-order valence-electron chi connectivity index (χ0n) is 10.1. The highest BCUT2D eigenvalue weighted by atomic mass is 32.2. The summed E-state index contributed by atoms with van der Waals surface area (Å²) >= 11 is 0. The van der Waals surface area contributed by atoms with Gasteiger partial charge in [0.2, 0.25) is 0 Å². The lowest BCUT2D eigenvalue weighted by molar-refractivity contribution is -0.137. The first-order valence-electron chi connectivity index (χ1n) is 5.26. The number of methoxy groups -OCH3 is 1. The Balaban J connectivity index is 2.91. The molecule has 1 aromatic rings. The molecule has 18 heavy (non-hydrogen) atoms. The number of carbonyl (C=O) groups is 2. The fraction of sp³-hybridized carbons (Fsp3) is 0.333. The molecule has 0 aliphatic heterocycles. The van der Waals surface area contributed by atoms with Crippen molar-refractivity contribution < 1.29 is 22.7 Å². The van der Waals surface area contributed by atoms with Crippen LogP contribution in [0.1, 0.15) is 17.3 Å². The standard InChI is InChI=1S/C12H14O5S/c1-9(18(15,16)8-11(13)17-2)12(14)10-6-4-3-5-7-10/h3-7,9H,8H2,1-2H3. The summed E-state index contributed by atoms with van der Waals surface area (Å²) in [7, 11) is -2.74. The molecule has 0 radical (unpaired) electrons. The molecule has 0 spiro atoms. The second-order valence-electron chi connectivity index (χ2n) is 3.76. The average Bonchev–Trinajstić information content (AvgIpc) is 2.37. The molecular weight excluding hydrogens is 256 g/mol. The molecule has 1 atom stereocenters. The maximum atomic E-state index is 11.9. The predicted octanol–water partition coefficient (Wildman–Crippen LogP) is 0.846. The summed E-state index contributed by atoms with van der Waals surface area (Å²) in [6, 6.07) is 8.09. The van der Waals surface area contributed by atoms with Gasteiger partial charge in [-0.2, -0.15) is 0 Å². The van der Waals surface area contributed by atoms with Gasteiger partial charge in [0.25, 0.3) is 0 Å². The van der Waals surface area contributed by atoms with Gasteiger partial charge in [-0.3, -0.25) is 9.59 Å². The maximum Gasteiger partial charge on any atom is 0.320 e. The molecule has 1 aromatic carbocycles. The maximum absolute atomic E-state index is 11.9. The van der Waals surface area contributed by atoms with Gasteiger partial charge in [0, 0.05) is 5.56 Å². The van der Waals surface area contributed by atoms with Crippen LogP contribution in [0.2, 0.25) is 0 Å². The molecule has 0 bridgehead atoms. The summed E-state index contributed by atoms with van der Waals surface area (Å²) in [4.78, 5) is 22.9. The van der Waals surface area contributed by atoms with Crippen molar-refractivity contribution in [3.63, 3.8) is 0 Å². The van der Waals surface area contributed by atoms with Gasteiger partial charge in [0.15, 0.2) is 15.6 Å². The number of hydrogen-bond acceptors (Lipinski definition) is 5. The third kappa shape index (κ3) is 3.40. The molecule has 0 heterocycles. The first-order chi connectivity index (χ1) is 8.38. The molecule has 0 amide bonds. The number of sulfone groups is 1. The van der Waals surface area contributed by atoms with Crippen LogP contribution in [0.15, 0.2) is 30.3 Å². The Kier molecular flexibility index (Phi) is 4.61. The molecule has 0 aliphatic rings. The molecule has 0 saturated carbocycles. The summed E-state index contributed by atoms with van der Waals surface area (Å²) in [5.41, 5.74) is 0.304. The highest BCUT2D eigenvalue weighted by Gasteiger charge is 2.31. The zero-order chi connectivity index (χ0) is 13.8. The molecule has 0 aliphatic carbocycles. The van der Waals surface area contributed by atoms with E-state index in [-0.39, 0.29) is 0 Å². The number of carbonyl (C=O) groups excluding carboxylic acids is 2. The molecule has 1 unspecified atom stereocenters. The third-order valence-electron chi connectivity index (χ3n) is 2.51. The van der Waals surface area contributed by atoms with E-state index in [4.69, 9.17) is 0 Å². The molecule has 1 rings (SSSR count). The number of esters is 1. The quantitative estimate of drug-likeness (QED) is 0.585. The van der Waals surface area contributed by atoms with Crippen LogP contribution in [0.4, 0.5) is 0 Å². The van der Waals surface area contributed by atoms with Gasteiger partial charge in [-0.25, -0.2) is 8.42 Å². The van der Waals surface area contributed by atoms with Crippen molar-refractivity contribution in [2.45, 2.75) is 12.2 Å². The molecule has 5 nitrogen and oxygen atoms in total. The minimum atomic E-state index is -3.84. The number of Topliss-reactive ketones (excluding diaryl/α,β-unsaturated/α-hetero) is 1. The highest BCUT2D eigenvalue weighted by Crippen LogP contribution is 2.11. The normalized spacial score (nSPS) is 12.8. The lowest BCUT2D eigenvalue weighted by Gasteiger charge is -2.10. The number of ketones is 1. The van der Waals surface area contributed by atoms with Gasteiger partial charge in [-0.15, -0.1) is 0 Å². The molecule has 98 valence electrons. The van der Waals surface area contributed by atoms with Crippen molar-refractivity contribution in [2.75, 3.05) is 12.9 Å². The van der Waals surface area contributed by atoms with Gasteiger partial charge >= 0.3 is 5.97 Å². The van der Waals surface area contributed by atoms with E-state index in [1.165, 1.54) is 19.1 Å². The summed E-state index contributed by atoms with van der Waals surface area (Å²) in [6.07, 6.45) is 0. The fourth-order valence-electron chi connectivity index (χ4n) is 1.35. The monoisotopic (exact) mass is 270 g/mol. The van der Waals surface area contributed by atoms with Gasteiger partial charge in [0.1, 0.15) is 11.0 Å².